The van der Waals surface area contributed by atoms with E-state index in [1.807, 2.05) is 6.07 Å². The van der Waals surface area contributed by atoms with E-state index in [4.69, 9.17) is 9.47 Å². The number of hydrogen-bond acceptors (Lipinski definition) is 2. The Labute approximate surface area is 105 Å². The molecule has 0 heterocycles. The third kappa shape index (κ3) is 3.65. The van der Waals surface area contributed by atoms with Crippen molar-refractivity contribution in [3.05, 3.63) is 23.8 Å². The standard InChI is InChI=1S/C15H24O2/c1-5-7-12(8-6-2)13-9-10-14(16-3)15(11-13)17-4/h9-12H,5-8H2,1-4H3. The lowest BCUT2D eigenvalue weighted by Gasteiger charge is -2.17. The summed E-state index contributed by atoms with van der Waals surface area (Å²) < 4.78 is 10.6. The van der Waals surface area contributed by atoms with E-state index >= 15 is 0 Å². The predicted octanol–water partition coefficient (Wildman–Crippen LogP) is 4.39. The predicted molar refractivity (Wildman–Crippen MR) is 72.1 cm³/mol. The molecule has 96 valence electrons. The van der Waals surface area contributed by atoms with E-state index in [1.54, 1.807) is 14.2 Å². The van der Waals surface area contributed by atoms with Gasteiger partial charge in [0, 0.05) is 0 Å². The van der Waals surface area contributed by atoms with E-state index in [2.05, 4.69) is 26.0 Å². The summed E-state index contributed by atoms with van der Waals surface area (Å²) in [5.41, 5.74) is 1.37. The summed E-state index contributed by atoms with van der Waals surface area (Å²) >= 11 is 0. The smallest absolute Gasteiger partial charge is 0.160 e. The van der Waals surface area contributed by atoms with Gasteiger partial charge in [-0.15, -0.1) is 0 Å². The van der Waals surface area contributed by atoms with Gasteiger partial charge in [-0.2, -0.15) is 0 Å². The van der Waals surface area contributed by atoms with E-state index in [0.717, 1.165) is 11.5 Å². The molecule has 17 heavy (non-hydrogen) atoms. The molecule has 1 aromatic carbocycles. The minimum Gasteiger partial charge on any atom is -0.493 e. The highest BCUT2D eigenvalue weighted by molar-refractivity contribution is 5.43. The minimum absolute atomic E-state index is 0.643. The second-order valence-corrected chi connectivity index (χ2v) is 4.39. The van der Waals surface area contributed by atoms with Crippen molar-refractivity contribution in [3.8, 4) is 11.5 Å². The minimum atomic E-state index is 0.643. The van der Waals surface area contributed by atoms with Crippen LogP contribution in [-0.2, 0) is 0 Å². The van der Waals surface area contributed by atoms with Crippen LogP contribution in [0.2, 0.25) is 0 Å². The van der Waals surface area contributed by atoms with Gasteiger partial charge >= 0.3 is 0 Å². The van der Waals surface area contributed by atoms with Crippen molar-refractivity contribution >= 4 is 0 Å². The van der Waals surface area contributed by atoms with Crippen LogP contribution in [0.1, 0.15) is 51.0 Å². The van der Waals surface area contributed by atoms with E-state index in [1.165, 1.54) is 31.2 Å². The Morgan fingerprint density at radius 2 is 1.53 bits per heavy atom. The summed E-state index contributed by atoms with van der Waals surface area (Å²) in [5.74, 6) is 2.29. The highest BCUT2D eigenvalue weighted by Crippen LogP contribution is 2.34. The summed E-state index contributed by atoms with van der Waals surface area (Å²) in [5, 5.41) is 0. The van der Waals surface area contributed by atoms with Gasteiger partial charge in [0.05, 0.1) is 14.2 Å². The maximum Gasteiger partial charge on any atom is 0.160 e. The number of benzene rings is 1. The second-order valence-electron chi connectivity index (χ2n) is 4.39. The quantitative estimate of drug-likeness (QED) is 0.699. The van der Waals surface area contributed by atoms with Gasteiger partial charge in [0.2, 0.25) is 0 Å². The molecular weight excluding hydrogens is 212 g/mol. The van der Waals surface area contributed by atoms with Crippen molar-refractivity contribution < 1.29 is 9.47 Å². The van der Waals surface area contributed by atoms with Crippen molar-refractivity contribution in [2.45, 2.75) is 45.4 Å². The summed E-state index contributed by atoms with van der Waals surface area (Å²) in [4.78, 5) is 0. The van der Waals surface area contributed by atoms with Crippen LogP contribution in [0.3, 0.4) is 0 Å². The zero-order valence-electron chi connectivity index (χ0n) is 11.5. The summed E-state index contributed by atoms with van der Waals surface area (Å²) in [7, 11) is 3.36. The van der Waals surface area contributed by atoms with Gasteiger partial charge in [-0.05, 0) is 36.5 Å². The molecule has 0 N–H and O–H groups in total. The fourth-order valence-corrected chi connectivity index (χ4v) is 2.28. The Kier molecular flexibility index (Phi) is 5.88. The maximum absolute atomic E-state index is 5.36. The van der Waals surface area contributed by atoms with Crippen molar-refractivity contribution in [2.75, 3.05) is 14.2 Å². The van der Waals surface area contributed by atoms with E-state index < -0.39 is 0 Å². The van der Waals surface area contributed by atoms with E-state index in [0.29, 0.717) is 5.92 Å². The highest BCUT2D eigenvalue weighted by Gasteiger charge is 2.12. The lowest BCUT2D eigenvalue weighted by molar-refractivity contribution is 0.354. The van der Waals surface area contributed by atoms with Crippen molar-refractivity contribution in [1.29, 1.82) is 0 Å². The van der Waals surface area contributed by atoms with Crippen molar-refractivity contribution in [1.82, 2.24) is 0 Å². The fourth-order valence-electron chi connectivity index (χ4n) is 2.28. The fraction of sp³-hybridized carbons (Fsp3) is 0.600. The van der Waals surface area contributed by atoms with Crippen molar-refractivity contribution in [3.63, 3.8) is 0 Å². The maximum atomic E-state index is 5.36. The summed E-state index contributed by atoms with van der Waals surface area (Å²) in [6.45, 7) is 4.48. The van der Waals surface area contributed by atoms with Crippen LogP contribution >= 0.6 is 0 Å². The van der Waals surface area contributed by atoms with Crippen LogP contribution in [0.25, 0.3) is 0 Å². The Hall–Kier alpha value is -1.18. The first-order chi connectivity index (χ1) is 8.26. The second kappa shape index (κ2) is 7.21. The molecule has 1 aromatic rings. The van der Waals surface area contributed by atoms with Gasteiger partial charge in [0.25, 0.3) is 0 Å². The Morgan fingerprint density at radius 3 is 2.00 bits per heavy atom. The summed E-state index contributed by atoms with van der Waals surface area (Å²) in [6, 6.07) is 6.29. The van der Waals surface area contributed by atoms with Gasteiger partial charge in [0.15, 0.2) is 11.5 Å². The van der Waals surface area contributed by atoms with Crippen LogP contribution in [0.15, 0.2) is 18.2 Å². The Morgan fingerprint density at radius 1 is 0.941 bits per heavy atom. The zero-order chi connectivity index (χ0) is 12.7. The number of hydrogen-bond donors (Lipinski definition) is 0. The molecule has 0 amide bonds. The molecule has 0 unspecified atom stereocenters. The molecule has 0 atom stereocenters. The molecule has 1 rings (SSSR count). The molecule has 0 bridgehead atoms. The van der Waals surface area contributed by atoms with Gasteiger partial charge in [-0.3, -0.25) is 0 Å². The molecule has 0 saturated heterocycles. The van der Waals surface area contributed by atoms with Crippen LogP contribution in [0.5, 0.6) is 11.5 Å². The molecular formula is C15H24O2. The average Bonchev–Trinajstić information content (AvgIpc) is 2.37. The first-order valence-electron chi connectivity index (χ1n) is 6.48. The molecule has 0 spiro atoms. The van der Waals surface area contributed by atoms with Crippen LogP contribution < -0.4 is 9.47 Å². The van der Waals surface area contributed by atoms with E-state index in [9.17, 15) is 0 Å². The lowest BCUT2D eigenvalue weighted by atomic mass is 9.90. The monoisotopic (exact) mass is 236 g/mol. The van der Waals surface area contributed by atoms with Crippen molar-refractivity contribution in [2.24, 2.45) is 0 Å². The third-order valence-electron chi connectivity index (χ3n) is 3.15. The SMILES string of the molecule is CCCC(CCC)c1ccc(OC)c(OC)c1. The number of rotatable bonds is 7. The molecule has 0 aliphatic carbocycles. The number of ether oxygens (including phenoxy) is 2. The van der Waals surface area contributed by atoms with E-state index in [-0.39, 0.29) is 0 Å². The van der Waals surface area contributed by atoms with Gasteiger partial charge in [-0.25, -0.2) is 0 Å². The Balaban J connectivity index is 2.94. The van der Waals surface area contributed by atoms with Gasteiger partial charge in [-0.1, -0.05) is 32.8 Å². The Bertz CT molecular complexity index is 328. The van der Waals surface area contributed by atoms with Crippen LogP contribution in [0, 0.1) is 0 Å². The molecule has 0 saturated carbocycles. The molecule has 2 heteroatoms. The van der Waals surface area contributed by atoms with Crippen LogP contribution in [0.4, 0.5) is 0 Å². The third-order valence-corrected chi connectivity index (χ3v) is 3.15. The van der Waals surface area contributed by atoms with Gasteiger partial charge < -0.3 is 9.47 Å². The summed E-state index contributed by atoms with van der Waals surface area (Å²) in [6.07, 6.45) is 4.92. The average molecular weight is 236 g/mol. The molecule has 0 radical (unpaired) electrons. The largest absolute Gasteiger partial charge is 0.493 e. The molecule has 2 nitrogen and oxygen atoms in total. The van der Waals surface area contributed by atoms with Crippen LogP contribution in [-0.4, -0.2) is 14.2 Å². The topological polar surface area (TPSA) is 18.5 Å². The molecule has 0 aromatic heterocycles. The number of methoxy groups -OCH3 is 2. The molecule has 0 aliphatic rings. The lowest BCUT2D eigenvalue weighted by Crippen LogP contribution is -2.00. The first-order valence-corrected chi connectivity index (χ1v) is 6.48. The highest BCUT2D eigenvalue weighted by atomic mass is 16.5. The molecule has 0 aliphatic heterocycles. The first kappa shape index (κ1) is 13.9. The molecule has 0 fully saturated rings. The zero-order valence-corrected chi connectivity index (χ0v) is 11.5. The van der Waals surface area contributed by atoms with Gasteiger partial charge in [0.1, 0.15) is 0 Å². The normalized spacial score (nSPS) is 10.6.